The van der Waals surface area contributed by atoms with Gasteiger partial charge in [-0.15, -0.1) is 0 Å². The highest BCUT2D eigenvalue weighted by molar-refractivity contribution is 6.35. The van der Waals surface area contributed by atoms with E-state index in [0.29, 0.717) is 5.56 Å². The minimum absolute atomic E-state index is 0.0349. The van der Waals surface area contributed by atoms with Crippen molar-refractivity contribution in [3.05, 3.63) is 27.5 Å². The number of rotatable bonds is 0. The molecule has 0 aliphatic rings. The number of aromatic nitrogens is 1. The van der Waals surface area contributed by atoms with Gasteiger partial charge in [-0.25, -0.2) is 4.98 Å². The molecule has 0 amide bonds. The number of pyridine rings is 1. The van der Waals surface area contributed by atoms with Crippen molar-refractivity contribution in [2.24, 2.45) is 0 Å². The van der Waals surface area contributed by atoms with Crippen LogP contribution in [-0.2, 0) is 6.18 Å². The molecule has 0 radical (unpaired) electrons. The predicted molar refractivity (Wildman–Crippen MR) is 66.7 cm³/mol. The minimum Gasteiger partial charge on any atom is -0.231 e. The third-order valence-corrected chi connectivity index (χ3v) is 2.20. The van der Waals surface area contributed by atoms with Crippen molar-refractivity contribution in [3.8, 4) is 0 Å². The molecule has 6 heteroatoms. The molecule has 0 atom stereocenters. The Hall–Kier alpha value is -0.480. The second kappa shape index (κ2) is 8.59. The van der Waals surface area contributed by atoms with E-state index in [0.717, 1.165) is 6.07 Å². The van der Waals surface area contributed by atoms with Gasteiger partial charge in [-0.3, -0.25) is 0 Å². The molecule has 0 saturated heterocycles. The summed E-state index contributed by atoms with van der Waals surface area (Å²) in [6, 6.07) is 0.753. The van der Waals surface area contributed by atoms with Gasteiger partial charge in [0.1, 0.15) is 10.8 Å². The van der Waals surface area contributed by atoms with Crippen LogP contribution in [0, 0.1) is 6.92 Å². The molecule has 0 aliphatic heterocycles. The molecule has 1 aromatic rings. The summed E-state index contributed by atoms with van der Waals surface area (Å²) in [5, 5.41) is -0.257. The molecule has 0 saturated carbocycles. The summed E-state index contributed by atoms with van der Waals surface area (Å²) >= 11 is 10.9. The second-order valence-electron chi connectivity index (χ2n) is 2.40. The van der Waals surface area contributed by atoms with E-state index in [1.165, 1.54) is 6.92 Å². The predicted octanol–water partition coefficient (Wildman–Crippen LogP) is 5.77. The molecule has 0 aliphatic carbocycles. The first-order valence-corrected chi connectivity index (χ1v) is 5.98. The number of nitrogens with zero attached hydrogens (tertiary/aromatic N) is 1. The molecule has 0 fully saturated rings. The molecule has 0 unspecified atom stereocenters. The molecule has 1 aromatic heterocycles. The van der Waals surface area contributed by atoms with Gasteiger partial charge in [0.2, 0.25) is 0 Å². The quantitative estimate of drug-likeness (QED) is 0.553. The van der Waals surface area contributed by atoms with E-state index in [1.54, 1.807) is 0 Å². The summed E-state index contributed by atoms with van der Waals surface area (Å²) in [4.78, 5) is 3.16. The molecule has 0 bridgehead atoms. The van der Waals surface area contributed by atoms with E-state index in [2.05, 4.69) is 4.98 Å². The van der Waals surface area contributed by atoms with Crippen LogP contribution in [-0.4, -0.2) is 4.98 Å². The normalized spacial score (nSPS) is 9.76. The molecule has 17 heavy (non-hydrogen) atoms. The number of hydrogen-bond acceptors (Lipinski definition) is 1. The van der Waals surface area contributed by atoms with Crippen molar-refractivity contribution in [2.75, 3.05) is 0 Å². The molecule has 0 N–H and O–H groups in total. The van der Waals surface area contributed by atoms with E-state index >= 15 is 0 Å². The summed E-state index contributed by atoms with van der Waals surface area (Å²) in [5.41, 5.74) is -0.732. The summed E-state index contributed by atoms with van der Waals surface area (Å²) in [5.74, 6) is 0. The molecule has 1 heterocycles. The van der Waals surface area contributed by atoms with E-state index < -0.39 is 11.9 Å². The zero-order valence-electron chi connectivity index (χ0n) is 10.4. The lowest BCUT2D eigenvalue weighted by Crippen LogP contribution is -2.08. The van der Waals surface area contributed by atoms with Gasteiger partial charge in [-0.1, -0.05) is 50.9 Å². The zero-order chi connectivity index (χ0) is 14.2. The largest absolute Gasteiger partial charge is 0.433 e. The van der Waals surface area contributed by atoms with Crippen molar-refractivity contribution < 1.29 is 13.2 Å². The highest BCUT2D eigenvalue weighted by Gasteiger charge is 2.33. The van der Waals surface area contributed by atoms with E-state index in [4.69, 9.17) is 23.2 Å². The first-order valence-electron chi connectivity index (χ1n) is 5.22. The Morgan fingerprint density at radius 1 is 1.06 bits per heavy atom. The van der Waals surface area contributed by atoms with Gasteiger partial charge >= 0.3 is 6.18 Å². The van der Waals surface area contributed by atoms with E-state index in [9.17, 15) is 13.2 Å². The fourth-order valence-electron chi connectivity index (χ4n) is 0.694. The van der Waals surface area contributed by atoms with E-state index in [-0.39, 0.29) is 10.2 Å². The maximum absolute atomic E-state index is 12.1. The third-order valence-electron chi connectivity index (χ3n) is 1.44. The Morgan fingerprint density at radius 2 is 1.47 bits per heavy atom. The monoisotopic (exact) mass is 289 g/mol. The first kappa shape index (κ1) is 18.9. The van der Waals surface area contributed by atoms with Crippen molar-refractivity contribution in [1.29, 1.82) is 0 Å². The van der Waals surface area contributed by atoms with Crippen LogP contribution >= 0.6 is 23.2 Å². The maximum atomic E-state index is 12.1. The topological polar surface area (TPSA) is 12.9 Å². The summed E-state index contributed by atoms with van der Waals surface area (Å²) < 4.78 is 36.3. The highest BCUT2D eigenvalue weighted by atomic mass is 35.5. The summed E-state index contributed by atoms with van der Waals surface area (Å²) in [6.07, 6.45) is -4.51. The Bertz CT molecular complexity index is 315. The fourth-order valence-corrected chi connectivity index (χ4v) is 1.13. The molecule has 1 nitrogen and oxygen atoms in total. The minimum atomic E-state index is -4.51. The number of alkyl halides is 3. The van der Waals surface area contributed by atoms with Crippen molar-refractivity contribution >= 4 is 23.2 Å². The lowest BCUT2D eigenvalue weighted by atomic mass is 10.2. The number of halogens is 5. The smallest absolute Gasteiger partial charge is 0.231 e. The Kier molecular flexibility index (Phi) is 9.53. The molecule has 0 aromatic carbocycles. The van der Waals surface area contributed by atoms with Crippen LogP contribution in [0.4, 0.5) is 13.2 Å². The maximum Gasteiger partial charge on any atom is 0.433 e. The van der Waals surface area contributed by atoms with Crippen molar-refractivity contribution in [1.82, 2.24) is 4.98 Å². The van der Waals surface area contributed by atoms with Crippen molar-refractivity contribution in [3.63, 3.8) is 0 Å². The molecular weight excluding hydrogens is 274 g/mol. The van der Waals surface area contributed by atoms with Crippen molar-refractivity contribution in [2.45, 2.75) is 40.8 Å². The third kappa shape index (κ3) is 6.13. The standard InChI is InChI=1S/C7H4Cl2F3N.2C2H6/c1-3-4(8)2-5(7(10,11)12)13-6(3)9;2*1-2/h2H,1H3;2*1-2H3. The van der Waals surface area contributed by atoms with Gasteiger partial charge in [-0.05, 0) is 13.0 Å². The SMILES string of the molecule is CC.CC.Cc1c(Cl)cc(C(F)(F)F)nc1Cl. The molecule has 0 spiro atoms. The molecular formula is C11H16Cl2F3N. The average molecular weight is 290 g/mol. The summed E-state index contributed by atoms with van der Waals surface area (Å²) in [6.45, 7) is 9.50. The van der Waals surface area contributed by atoms with Crippen LogP contribution in [0.5, 0.6) is 0 Å². The van der Waals surface area contributed by atoms with E-state index in [1.807, 2.05) is 27.7 Å². The zero-order valence-corrected chi connectivity index (χ0v) is 11.9. The van der Waals surface area contributed by atoms with Crippen LogP contribution in [0.15, 0.2) is 6.07 Å². The first-order chi connectivity index (χ1) is 7.82. The van der Waals surface area contributed by atoms with Gasteiger partial charge in [0.05, 0.1) is 0 Å². The highest BCUT2D eigenvalue weighted by Crippen LogP contribution is 2.32. The summed E-state index contributed by atoms with van der Waals surface area (Å²) in [7, 11) is 0. The van der Waals surface area contributed by atoms with Gasteiger partial charge in [-0.2, -0.15) is 13.2 Å². The van der Waals surface area contributed by atoms with Crippen LogP contribution in [0.1, 0.15) is 39.0 Å². The molecule has 1 rings (SSSR count). The Balaban J connectivity index is 0. The van der Waals surface area contributed by atoms with Crippen LogP contribution in [0.2, 0.25) is 10.2 Å². The van der Waals surface area contributed by atoms with Gasteiger partial charge in [0.25, 0.3) is 0 Å². The van der Waals surface area contributed by atoms with Crippen LogP contribution < -0.4 is 0 Å². The lowest BCUT2D eigenvalue weighted by molar-refractivity contribution is -0.141. The Labute approximate surface area is 110 Å². The Morgan fingerprint density at radius 3 is 1.76 bits per heavy atom. The fraction of sp³-hybridized carbons (Fsp3) is 0.545. The van der Waals surface area contributed by atoms with Gasteiger partial charge < -0.3 is 0 Å². The molecule has 100 valence electrons. The second-order valence-corrected chi connectivity index (χ2v) is 3.17. The van der Waals surface area contributed by atoms with Crippen LogP contribution in [0.3, 0.4) is 0 Å². The van der Waals surface area contributed by atoms with Gasteiger partial charge in [0.15, 0.2) is 0 Å². The van der Waals surface area contributed by atoms with Gasteiger partial charge in [0, 0.05) is 10.6 Å². The number of hydrogen-bond donors (Lipinski definition) is 0. The lowest BCUT2D eigenvalue weighted by Gasteiger charge is -2.08. The van der Waals surface area contributed by atoms with Crippen LogP contribution in [0.25, 0.3) is 0 Å². The average Bonchev–Trinajstić information content (AvgIpc) is 2.29.